The van der Waals surface area contributed by atoms with Crippen LogP contribution in [-0.2, 0) is 0 Å². The second kappa shape index (κ2) is 6.15. The van der Waals surface area contributed by atoms with Crippen LogP contribution in [0.2, 0.25) is 0 Å². The molecule has 0 aliphatic heterocycles. The van der Waals surface area contributed by atoms with E-state index in [1.165, 1.54) is 12.3 Å². The third-order valence-corrected chi connectivity index (χ3v) is 2.14. The highest BCUT2D eigenvalue weighted by atomic mass is 19.1. The Balaban J connectivity index is 2.70. The van der Waals surface area contributed by atoms with Crippen molar-refractivity contribution in [1.29, 1.82) is 0 Å². The van der Waals surface area contributed by atoms with E-state index in [-0.39, 0.29) is 11.9 Å². The lowest BCUT2D eigenvalue weighted by molar-refractivity contribution is 0.507. The number of rotatable bonds is 5. The van der Waals surface area contributed by atoms with Crippen LogP contribution in [0.25, 0.3) is 0 Å². The van der Waals surface area contributed by atoms with Crippen LogP contribution < -0.4 is 5.32 Å². The molecule has 80 valence electrons. The predicted octanol–water partition coefficient (Wildman–Crippen LogP) is 2.28. The number of terminal acetylenes is 1. The fraction of sp³-hybridized carbons (Fsp3) is 0.417. The molecule has 0 saturated carbocycles. The number of aromatic nitrogens is 1. The van der Waals surface area contributed by atoms with E-state index in [1.807, 2.05) is 6.92 Å². The Hall–Kier alpha value is -1.40. The summed E-state index contributed by atoms with van der Waals surface area (Å²) in [6, 6.07) is 3.23. The number of nitrogens with zero attached hydrogens (tertiary/aromatic N) is 1. The molecular weight excluding hydrogens is 191 g/mol. The van der Waals surface area contributed by atoms with Gasteiger partial charge in [0.1, 0.15) is 5.82 Å². The minimum Gasteiger partial charge on any atom is -0.309 e. The smallest absolute Gasteiger partial charge is 0.141 e. The maximum atomic E-state index is 12.7. The molecule has 1 N–H and O–H groups in total. The van der Waals surface area contributed by atoms with Gasteiger partial charge >= 0.3 is 0 Å². The molecule has 2 nitrogen and oxygen atoms in total. The topological polar surface area (TPSA) is 24.9 Å². The molecule has 1 aromatic rings. The van der Waals surface area contributed by atoms with Crippen molar-refractivity contribution >= 4 is 0 Å². The maximum Gasteiger partial charge on any atom is 0.141 e. The predicted molar refractivity (Wildman–Crippen MR) is 58.7 cm³/mol. The zero-order valence-corrected chi connectivity index (χ0v) is 8.83. The summed E-state index contributed by atoms with van der Waals surface area (Å²) in [5.74, 6) is 2.28. The first-order chi connectivity index (χ1) is 7.27. The molecule has 0 fully saturated rings. The molecule has 0 saturated heterocycles. The molecule has 1 aromatic heterocycles. The van der Waals surface area contributed by atoms with Gasteiger partial charge in [-0.05, 0) is 25.1 Å². The van der Waals surface area contributed by atoms with Gasteiger partial charge in [-0.3, -0.25) is 4.98 Å². The van der Waals surface area contributed by atoms with E-state index in [0.29, 0.717) is 6.42 Å². The number of hydrogen-bond acceptors (Lipinski definition) is 2. The normalized spacial score (nSPS) is 12.1. The molecule has 1 heterocycles. The van der Waals surface area contributed by atoms with Gasteiger partial charge in [-0.1, -0.05) is 6.92 Å². The summed E-state index contributed by atoms with van der Waals surface area (Å²) in [6.07, 6.45) is 7.96. The zero-order valence-electron chi connectivity index (χ0n) is 8.83. The Kier molecular flexibility index (Phi) is 4.79. The molecule has 0 spiro atoms. The van der Waals surface area contributed by atoms with Crippen LogP contribution in [-0.4, -0.2) is 11.5 Å². The van der Waals surface area contributed by atoms with E-state index in [0.717, 1.165) is 18.7 Å². The largest absolute Gasteiger partial charge is 0.309 e. The SMILES string of the molecule is C#CCCC(NCC)c1ccc(F)cn1. The molecule has 0 radical (unpaired) electrons. The van der Waals surface area contributed by atoms with Crippen molar-refractivity contribution < 1.29 is 4.39 Å². The summed E-state index contributed by atoms with van der Waals surface area (Å²) in [5, 5.41) is 3.27. The quantitative estimate of drug-likeness (QED) is 0.748. The average Bonchev–Trinajstić information content (AvgIpc) is 2.25. The summed E-state index contributed by atoms with van der Waals surface area (Å²) < 4.78 is 12.7. The van der Waals surface area contributed by atoms with Gasteiger partial charge < -0.3 is 5.32 Å². The maximum absolute atomic E-state index is 12.7. The molecule has 1 atom stereocenters. The fourth-order valence-electron chi connectivity index (χ4n) is 1.42. The molecule has 1 unspecified atom stereocenters. The van der Waals surface area contributed by atoms with E-state index in [1.54, 1.807) is 6.07 Å². The number of nitrogens with one attached hydrogen (secondary N) is 1. The Morgan fingerprint density at radius 2 is 2.40 bits per heavy atom. The summed E-state index contributed by atoms with van der Waals surface area (Å²) in [5.41, 5.74) is 0.841. The monoisotopic (exact) mass is 206 g/mol. The van der Waals surface area contributed by atoms with Crippen molar-refractivity contribution in [2.45, 2.75) is 25.8 Å². The Morgan fingerprint density at radius 1 is 1.60 bits per heavy atom. The van der Waals surface area contributed by atoms with Crippen LogP contribution >= 0.6 is 0 Å². The minimum atomic E-state index is -0.314. The lowest BCUT2D eigenvalue weighted by atomic mass is 10.1. The molecular formula is C12H15FN2. The number of pyridine rings is 1. The highest BCUT2D eigenvalue weighted by Crippen LogP contribution is 2.15. The van der Waals surface area contributed by atoms with Gasteiger partial charge in [-0.2, -0.15) is 0 Å². The van der Waals surface area contributed by atoms with Gasteiger partial charge in [0, 0.05) is 6.42 Å². The summed E-state index contributed by atoms with van der Waals surface area (Å²) in [6.45, 7) is 2.86. The first kappa shape index (κ1) is 11.7. The number of hydrogen-bond donors (Lipinski definition) is 1. The fourth-order valence-corrected chi connectivity index (χ4v) is 1.42. The lowest BCUT2D eigenvalue weighted by Crippen LogP contribution is -2.21. The van der Waals surface area contributed by atoms with Crippen molar-refractivity contribution in [3.8, 4) is 12.3 Å². The lowest BCUT2D eigenvalue weighted by Gasteiger charge is -2.15. The Morgan fingerprint density at radius 3 is 2.93 bits per heavy atom. The summed E-state index contributed by atoms with van der Waals surface area (Å²) in [7, 11) is 0. The van der Waals surface area contributed by atoms with E-state index in [2.05, 4.69) is 16.2 Å². The van der Waals surface area contributed by atoms with Crippen molar-refractivity contribution in [3.05, 3.63) is 29.8 Å². The molecule has 0 aliphatic carbocycles. The van der Waals surface area contributed by atoms with E-state index >= 15 is 0 Å². The van der Waals surface area contributed by atoms with Gasteiger partial charge in [0.2, 0.25) is 0 Å². The first-order valence-corrected chi connectivity index (χ1v) is 5.06. The van der Waals surface area contributed by atoms with Crippen LogP contribution in [0.15, 0.2) is 18.3 Å². The van der Waals surface area contributed by atoms with Gasteiger partial charge in [0.05, 0.1) is 17.9 Å². The Bertz CT molecular complexity index is 326. The highest BCUT2D eigenvalue weighted by Gasteiger charge is 2.10. The van der Waals surface area contributed by atoms with Crippen molar-refractivity contribution in [2.24, 2.45) is 0 Å². The molecule has 3 heteroatoms. The molecule has 15 heavy (non-hydrogen) atoms. The summed E-state index contributed by atoms with van der Waals surface area (Å²) >= 11 is 0. The van der Waals surface area contributed by atoms with E-state index in [9.17, 15) is 4.39 Å². The first-order valence-electron chi connectivity index (χ1n) is 5.06. The molecule has 0 bridgehead atoms. The van der Waals surface area contributed by atoms with E-state index < -0.39 is 0 Å². The van der Waals surface area contributed by atoms with Gasteiger partial charge in [-0.15, -0.1) is 12.3 Å². The van der Waals surface area contributed by atoms with Crippen LogP contribution in [0.1, 0.15) is 31.5 Å². The molecule has 1 rings (SSSR count). The second-order valence-electron chi connectivity index (χ2n) is 3.25. The highest BCUT2D eigenvalue weighted by molar-refractivity contribution is 5.10. The summed E-state index contributed by atoms with van der Waals surface area (Å²) in [4.78, 5) is 4.04. The van der Waals surface area contributed by atoms with Crippen LogP contribution in [0, 0.1) is 18.2 Å². The minimum absolute atomic E-state index is 0.117. The van der Waals surface area contributed by atoms with Crippen molar-refractivity contribution in [2.75, 3.05) is 6.54 Å². The van der Waals surface area contributed by atoms with Crippen molar-refractivity contribution in [3.63, 3.8) is 0 Å². The standard InChI is InChI=1S/C12H15FN2/c1-3-5-6-11(14-4-2)12-8-7-10(13)9-15-12/h1,7-9,11,14H,4-6H2,2H3. The molecule has 0 amide bonds. The van der Waals surface area contributed by atoms with Gasteiger partial charge in [-0.25, -0.2) is 4.39 Å². The third-order valence-electron chi connectivity index (χ3n) is 2.14. The van der Waals surface area contributed by atoms with E-state index in [4.69, 9.17) is 6.42 Å². The zero-order chi connectivity index (χ0) is 11.1. The van der Waals surface area contributed by atoms with Crippen LogP contribution in [0.3, 0.4) is 0 Å². The molecule has 0 aliphatic rings. The molecule has 0 aromatic carbocycles. The van der Waals surface area contributed by atoms with Crippen molar-refractivity contribution in [1.82, 2.24) is 10.3 Å². The van der Waals surface area contributed by atoms with Crippen LogP contribution in [0.4, 0.5) is 4.39 Å². The van der Waals surface area contributed by atoms with Gasteiger partial charge in [0.25, 0.3) is 0 Å². The average molecular weight is 206 g/mol. The Labute approximate surface area is 89.9 Å². The third kappa shape index (κ3) is 3.69. The van der Waals surface area contributed by atoms with Crippen LogP contribution in [0.5, 0.6) is 0 Å². The van der Waals surface area contributed by atoms with Gasteiger partial charge in [0.15, 0.2) is 0 Å². The second-order valence-corrected chi connectivity index (χ2v) is 3.25. The number of halogens is 1.